The first-order valence-corrected chi connectivity index (χ1v) is 5.76. The summed E-state index contributed by atoms with van der Waals surface area (Å²) in [6.07, 6.45) is 4.07. The van der Waals surface area contributed by atoms with E-state index in [4.69, 9.17) is 10.2 Å². The molecule has 2 N–H and O–H groups in total. The van der Waals surface area contributed by atoms with Gasteiger partial charge in [0.2, 0.25) is 0 Å². The van der Waals surface area contributed by atoms with Crippen LogP contribution in [0.15, 0.2) is 17.2 Å². The van der Waals surface area contributed by atoms with E-state index in [9.17, 15) is 4.79 Å². The first-order valence-electron chi connectivity index (χ1n) is 5.76. The van der Waals surface area contributed by atoms with Crippen LogP contribution >= 0.6 is 0 Å². The second-order valence-corrected chi connectivity index (χ2v) is 3.68. The van der Waals surface area contributed by atoms with Crippen molar-refractivity contribution in [1.29, 1.82) is 0 Å². The lowest BCUT2D eigenvalue weighted by Gasteiger charge is -2.21. The number of aryl methyl sites for hydroxylation is 1. The first-order chi connectivity index (χ1) is 8.24. The molecule has 0 aliphatic rings. The summed E-state index contributed by atoms with van der Waals surface area (Å²) in [6.45, 7) is 3.05. The SMILES string of the molecule is CCCn1ccnc(N(CCO)CCO)c1=O. The van der Waals surface area contributed by atoms with Crippen molar-refractivity contribution in [2.45, 2.75) is 19.9 Å². The number of rotatable bonds is 7. The molecule has 1 rings (SSSR count). The van der Waals surface area contributed by atoms with Crippen molar-refractivity contribution in [1.82, 2.24) is 9.55 Å². The molecule has 0 amide bonds. The fourth-order valence-electron chi connectivity index (χ4n) is 1.63. The first kappa shape index (κ1) is 13.7. The molecule has 0 aliphatic heterocycles. The van der Waals surface area contributed by atoms with Crippen molar-refractivity contribution in [2.75, 3.05) is 31.2 Å². The van der Waals surface area contributed by atoms with E-state index in [0.29, 0.717) is 19.6 Å². The largest absolute Gasteiger partial charge is 0.395 e. The Bertz CT molecular complexity index is 386. The minimum absolute atomic E-state index is 0.0796. The summed E-state index contributed by atoms with van der Waals surface area (Å²) in [4.78, 5) is 17.7. The Kier molecular flexibility index (Phi) is 5.65. The van der Waals surface area contributed by atoms with E-state index in [1.807, 2.05) is 6.92 Å². The van der Waals surface area contributed by atoms with E-state index >= 15 is 0 Å². The van der Waals surface area contributed by atoms with Crippen molar-refractivity contribution in [2.24, 2.45) is 0 Å². The Morgan fingerprint density at radius 2 is 2.00 bits per heavy atom. The fourth-order valence-corrected chi connectivity index (χ4v) is 1.63. The van der Waals surface area contributed by atoms with Crippen molar-refractivity contribution >= 4 is 5.82 Å². The summed E-state index contributed by atoms with van der Waals surface area (Å²) in [7, 11) is 0. The van der Waals surface area contributed by atoms with Crippen LogP contribution in [0.4, 0.5) is 5.82 Å². The van der Waals surface area contributed by atoms with Gasteiger partial charge in [0.25, 0.3) is 5.56 Å². The van der Waals surface area contributed by atoms with Crippen molar-refractivity contribution in [3.8, 4) is 0 Å². The zero-order valence-corrected chi connectivity index (χ0v) is 10.0. The van der Waals surface area contributed by atoms with Gasteiger partial charge < -0.3 is 19.7 Å². The van der Waals surface area contributed by atoms with Gasteiger partial charge in [0.05, 0.1) is 13.2 Å². The Hall–Kier alpha value is -1.40. The highest BCUT2D eigenvalue weighted by Gasteiger charge is 2.12. The summed E-state index contributed by atoms with van der Waals surface area (Å²) in [5.41, 5.74) is -0.184. The highest BCUT2D eigenvalue weighted by atomic mass is 16.3. The lowest BCUT2D eigenvalue weighted by molar-refractivity contribution is 0.280. The van der Waals surface area contributed by atoms with E-state index in [1.54, 1.807) is 21.9 Å². The third kappa shape index (κ3) is 3.54. The molecule has 0 saturated heterocycles. The van der Waals surface area contributed by atoms with Gasteiger partial charge in [-0.25, -0.2) is 4.98 Å². The number of hydrogen-bond donors (Lipinski definition) is 2. The average Bonchev–Trinajstić information content (AvgIpc) is 2.32. The number of anilines is 1. The predicted molar refractivity (Wildman–Crippen MR) is 65.2 cm³/mol. The molecule has 0 aromatic carbocycles. The molecule has 17 heavy (non-hydrogen) atoms. The number of nitrogens with zero attached hydrogens (tertiary/aromatic N) is 3. The van der Waals surface area contributed by atoms with Crippen LogP contribution < -0.4 is 10.5 Å². The highest BCUT2D eigenvalue weighted by molar-refractivity contribution is 5.35. The Labute approximate surface area is 100 Å². The summed E-state index contributed by atoms with van der Waals surface area (Å²) in [6, 6.07) is 0. The smallest absolute Gasteiger partial charge is 0.293 e. The quantitative estimate of drug-likeness (QED) is 0.669. The maximum Gasteiger partial charge on any atom is 0.293 e. The average molecular weight is 241 g/mol. The van der Waals surface area contributed by atoms with E-state index in [1.165, 1.54) is 0 Å². The van der Waals surface area contributed by atoms with Gasteiger partial charge in [-0.1, -0.05) is 6.92 Å². The maximum atomic E-state index is 12.0. The third-order valence-corrected chi connectivity index (χ3v) is 2.40. The molecular weight excluding hydrogens is 222 g/mol. The molecule has 0 unspecified atom stereocenters. The molecule has 1 heterocycles. The van der Waals surface area contributed by atoms with Crippen LogP contribution in [0, 0.1) is 0 Å². The van der Waals surface area contributed by atoms with Gasteiger partial charge in [0.15, 0.2) is 5.82 Å². The summed E-state index contributed by atoms with van der Waals surface area (Å²) >= 11 is 0. The van der Waals surface area contributed by atoms with Gasteiger partial charge in [-0.05, 0) is 6.42 Å². The van der Waals surface area contributed by atoms with E-state index in [-0.39, 0.29) is 24.6 Å². The lowest BCUT2D eigenvalue weighted by Crippen LogP contribution is -2.37. The van der Waals surface area contributed by atoms with Gasteiger partial charge in [-0.3, -0.25) is 4.79 Å². The van der Waals surface area contributed by atoms with E-state index in [0.717, 1.165) is 6.42 Å². The minimum Gasteiger partial charge on any atom is -0.395 e. The molecular formula is C11H19N3O3. The fraction of sp³-hybridized carbons (Fsp3) is 0.636. The Morgan fingerprint density at radius 3 is 2.53 bits per heavy atom. The summed E-state index contributed by atoms with van der Waals surface area (Å²) in [5, 5.41) is 17.9. The Balaban J connectivity index is 3.01. The Morgan fingerprint density at radius 1 is 1.35 bits per heavy atom. The number of aliphatic hydroxyl groups is 2. The third-order valence-electron chi connectivity index (χ3n) is 2.40. The standard InChI is InChI=1S/C11H19N3O3/c1-2-4-14-5-3-12-10(11(14)17)13(6-8-15)7-9-16/h3,5,15-16H,2,4,6-9H2,1H3. The van der Waals surface area contributed by atoms with Gasteiger partial charge in [-0.2, -0.15) is 0 Å². The molecule has 6 heteroatoms. The highest BCUT2D eigenvalue weighted by Crippen LogP contribution is 2.02. The molecule has 0 aliphatic carbocycles. The molecule has 1 aromatic rings. The van der Waals surface area contributed by atoms with Crippen molar-refractivity contribution in [3.63, 3.8) is 0 Å². The van der Waals surface area contributed by atoms with Crippen LogP contribution in [0.5, 0.6) is 0 Å². The molecule has 0 spiro atoms. The molecule has 1 aromatic heterocycles. The minimum atomic E-state index is -0.184. The van der Waals surface area contributed by atoms with Crippen LogP contribution in [-0.2, 0) is 6.54 Å². The van der Waals surface area contributed by atoms with Crippen LogP contribution in [0.1, 0.15) is 13.3 Å². The van der Waals surface area contributed by atoms with E-state index < -0.39 is 0 Å². The van der Waals surface area contributed by atoms with Crippen molar-refractivity contribution in [3.05, 3.63) is 22.7 Å². The van der Waals surface area contributed by atoms with Crippen LogP contribution in [0.2, 0.25) is 0 Å². The van der Waals surface area contributed by atoms with Crippen LogP contribution in [0.3, 0.4) is 0 Å². The summed E-state index contributed by atoms with van der Waals surface area (Å²) in [5.74, 6) is 0.282. The van der Waals surface area contributed by atoms with Gasteiger partial charge in [-0.15, -0.1) is 0 Å². The molecule has 96 valence electrons. The number of aromatic nitrogens is 2. The van der Waals surface area contributed by atoms with Gasteiger partial charge >= 0.3 is 0 Å². The topological polar surface area (TPSA) is 78.6 Å². The zero-order chi connectivity index (χ0) is 12.7. The lowest BCUT2D eigenvalue weighted by atomic mass is 10.4. The molecule has 0 radical (unpaired) electrons. The van der Waals surface area contributed by atoms with Crippen LogP contribution in [-0.4, -0.2) is 46.1 Å². The molecule has 0 atom stereocenters. The van der Waals surface area contributed by atoms with Crippen molar-refractivity contribution < 1.29 is 10.2 Å². The van der Waals surface area contributed by atoms with Crippen LogP contribution in [0.25, 0.3) is 0 Å². The predicted octanol–water partition coefficient (Wildman–Crippen LogP) is -0.556. The normalized spacial score (nSPS) is 10.5. The molecule has 0 saturated carbocycles. The number of aliphatic hydroxyl groups excluding tert-OH is 2. The maximum absolute atomic E-state index is 12.0. The molecule has 6 nitrogen and oxygen atoms in total. The second kappa shape index (κ2) is 7.03. The second-order valence-electron chi connectivity index (χ2n) is 3.68. The number of hydrogen-bond acceptors (Lipinski definition) is 5. The van der Waals surface area contributed by atoms with E-state index in [2.05, 4.69) is 4.98 Å². The molecule has 0 fully saturated rings. The zero-order valence-electron chi connectivity index (χ0n) is 10.0. The monoisotopic (exact) mass is 241 g/mol. The molecule has 0 bridgehead atoms. The van der Waals surface area contributed by atoms with Gasteiger partial charge in [0, 0.05) is 32.0 Å². The van der Waals surface area contributed by atoms with Gasteiger partial charge in [0.1, 0.15) is 0 Å². The summed E-state index contributed by atoms with van der Waals surface area (Å²) < 4.78 is 1.59.